The molecule has 1 aliphatic rings. The van der Waals surface area contributed by atoms with Gasteiger partial charge in [0.05, 0.1) is 0 Å². The largest absolute Gasteiger partial charge is 0.298 e. The second kappa shape index (κ2) is 2.55. The molecule has 0 heterocycles. The lowest BCUT2D eigenvalue weighted by Crippen LogP contribution is -1.86. The highest BCUT2D eigenvalue weighted by molar-refractivity contribution is 6.08. The van der Waals surface area contributed by atoms with E-state index in [1.54, 1.807) is 6.07 Å². The normalized spacial score (nSPS) is 13.9. The Labute approximate surface area is 69.5 Å². The standard InChI is InChI=1S/C10H7FO/c11-9-4-3-7-1-2-8(6-12)10(7)5-9/h2-6H,1H2. The summed E-state index contributed by atoms with van der Waals surface area (Å²) in [5.41, 5.74) is 2.37. The van der Waals surface area contributed by atoms with E-state index in [-0.39, 0.29) is 5.82 Å². The number of hydrogen-bond acceptors (Lipinski definition) is 1. The molecule has 0 fully saturated rings. The zero-order valence-corrected chi connectivity index (χ0v) is 6.38. The highest BCUT2D eigenvalue weighted by Crippen LogP contribution is 2.26. The molecule has 0 aromatic heterocycles. The van der Waals surface area contributed by atoms with Crippen molar-refractivity contribution in [3.8, 4) is 0 Å². The van der Waals surface area contributed by atoms with Crippen molar-refractivity contribution in [1.29, 1.82) is 0 Å². The lowest BCUT2D eigenvalue weighted by Gasteiger charge is -1.98. The minimum Gasteiger partial charge on any atom is -0.298 e. The molecule has 12 heavy (non-hydrogen) atoms. The van der Waals surface area contributed by atoms with Crippen LogP contribution in [0.4, 0.5) is 4.39 Å². The number of allylic oxidation sites excluding steroid dienone is 2. The van der Waals surface area contributed by atoms with Crippen molar-refractivity contribution < 1.29 is 9.18 Å². The Bertz CT molecular complexity index is 366. The smallest absolute Gasteiger partial charge is 0.150 e. The van der Waals surface area contributed by atoms with Crippen molar-refractivity contribution in [2.24, 2.45) is 0 Å². The third-order valence-electron chi connectivity index (χ3n) is 2.05. The molecule has 0 N–H and O–H groups in total. The summed E-state index contributed by atoms with van der Waals surface area (Å²) in [5.74, 6) is -0.289. The molecule has 0 saturated carbocycles. The Hall–Kier alpha value is -1.44. The summed E-state index contributed by atoms with van der Waals surface area (Å²) in [7, 11) is 0. The first-order valence-corrected chi connectivity index (χ1v) is 3.75. The summed E-state index contributed by atoms with van der Waals surface area (Å²) >= 11 is 0. The van der Waals surface area contributed by atoms with Gasteiger partial charge in [-0.1, -0.05) is 12.1 Å². The van der Waals surface area contributed by atoms with Crippen LogP contribution in [0.1, 0.15) is 11.1 Å². The first-order chi connectivity index (χ1) is 5.81. The number of fused-ring (bicyclic) bond motifs is 1. The van der Waals surface area contributed by atoms with Crippen LogP contribution in [0.15, 0.2) is 24.3 Å². The van der Waals surface area contributed by atoms with E-state index in [1.807, 2.05) is 6.08 Å². The van der Waals surface area contributed by atoms with Crippen LogP contribution in [0.5, 0.6) is 0 Å². The van der Waals surface area contributed by atoms with Gasteiger partial charge in [0, 0.05) is 5.57 Å². The molecule has 1 aromatic carbocycles. The maximum Gasteiger partial charge on any atom is 0.150 e. The number of halogens is 1. The average molecular weight is 162 g/mol. The third kappa shape index (κ3) is 0.961. The number of aldehydes is 1. The second-order valence-corrected chi connectivity index (χ2v) is 2.78. The monoisotopic (exact) mass is 162 g/mol. The summed E-state index contributed by atoms with van der Waals surface area (Å²) in [6.07, 6.45) is 3.33. The molecule has 0 amide bonds. The molecule has 0 radical (unpaired) electrons. The third-order valence-corrected chi connectivity index (χ3v) is 2.05. The van der Waals surface area contributed by atoms with E-state index >= 15 is 0 Å². The second-order valence-electron chi connectivity index (χ2n) is 2.78. The van der Waals surface area contributed by atoms with Gasteiger partial charge in [-0.15, -0.1) is 0 Å². The highest BCUT2D eigenvalue weighted by atomic mass is 19.1. The van der Waals surface area contributed by atoms with Crippen molar-refractivity contribution in [3.05, 3.63) is 41.2 Å². The number of benzene rings is 1. The Morgan fingerprint density at radius 3 is 3.00 bits per heavy atom. The van der Waals surface area contributed by atoms with E-state index in [9.17, 15) is 9.18 Å². The van der Waals surface area contributed by atoms with Gasteiger partial charge in [-0.25, -0.2) is 4.39 Å². The maximum absolute atomic E-state index is 12.7. The first kappa shape index (κ1) is 7.22. The highest BCUT2D eigenvalue weighted by Gasteiger charge is 2.13. The van der Waals surface area contributed by atoms with E-state index in [0.717, 1.165) is 23.8 Å². The molecule has 1 nitrogen and oxygen atoms in total. The van der Waals surface area contributed by atoms with Crippen molar-refractivity contribution in [2.75, 3.05) is 0 Å². The summed E-state index contributed by atoms with van der Waals surface area (Å²) in [4.78, 5) is 10.5. The molecule has 0 bridgehead atoms. The van der Waals surface area contributed by atoms with Gasteiger partial charge in [0.1, 0.15) is 12.1 Å². The minimum atomic E-state index is -0.289. The van der Waals surface area contributed by atoms with Gasteiger partial charge in [-0.3, -0.25) is 4.79 Å². The van der Waals surface area contributed by atoms with Gasteiger partial charge < -0.3 is 0 Å². The molecule has 0 unspecified atom stereocenters. The Balaban J connectivity index is 2.57. The predicted molar refractivity (Wildman–Crippen MR) is 44.1 cm³/mol. The quantitative estimate of drug-likeness (QED) is 0.577. The minimum absolute atomic E-state index is 0.289. The average Bonchev–Trinajstić information content (AvgIpc) is 2.46. The maximum atomic E-state index is 12.7. The van der Waals surface area contributed by atoms with Crippen molar-refractivity contribution in [3.63, 3.8) is 0 Å². The van der Waals surface area contributed by atoms with Gasteiger partial charge in [0.15, 0.2) is 0 Å². The summed E-state index contributed by atoms with van der Waals surface area (Å²) in [5, 5.41) is 0. The van der Waals surface area contributed by atoms with Gasteiger partial charge in [-0.2, -0.15) is 0 Å². The number of carbonyl (C=O) groups excluding carboxylic acids is 1. The fourth-order valence-corrected chi connectivity index (χ4v) is 1.44. The van der Waals surface area contributed by atoms with E-state index in [1.165, 1.54) is 12.1 Å². The fourth-order valence-electron chi connectivity index (χ4n) is 1.44. The molecule has 1 aromatic rings. The topological polar surface area (TPSA) is 17.1 Å². The van der Waals surface area contributed by atoms with Crippen LogP contribution in [0.3, 0.4) is 0 Å². The van der Waals surface area contributed by atoms with Gasteiger partial charge in [-0.05, 0) is 29.7 Å². The molecule has 0 aliphatic heterocycles. The van der Waals surface area contributed by atoms with E-state index in [2.05, 4.69) is 0 Å². The molecule has 60 valence electrons. The van der Waals surface area contributed by atoms with Crippen molar-refractivity contribution in [1.82, 2.24) is 0 Å². The molecule has 1 aliphatic carbocycles. The number of rotatable bonds is 1. The van der Waals surface area contributed by atoms with Crippen LogP contribution in [0.2, 0.25) is 0 Å². The zero-order valence-electron chi connectivity index (χ0n) is 6.38. The van der Waals surface area contributed by atoms with E-state index in [4.69, 9.17) is 0 Å². The lowest BCUT2D eigenvalue weighted by atomic mass is 10.1. The molecule has 0 saturated heterocycles. The molecular weight excluding hydrogens is 155 g/mol. The number of carbonyl (C=O) groups is 1. The van der Waals surface area contributed by atoms with Crippen LogP contribution in [0.25, 0.3) is 5.57 Å². The number of hydrogen-bond donors (Lipinski definition) is 0. The van der Waals surface area contributed by atoms with Crippen LogP contribution >= 0.6 is 0 Å². The summed E-state index contributed by atoms with van der Waals surface area (Å²) in [6, 6.07) is 4.54. The predicted octanol–water partition coefficient (Wildman–Crippen LogP) is 1.96. The zero-order chi connectivity index (χ0) is 8.55. The van der Waals surface area contributed by atoms with Crippen LogP contribution in [-0.4, -0.2) is 6.29 Å². The van der Waals surface area contributed by atoms with Crippen LogP contribution in [-0.2, 0) is 11.2 Å². The fraction of sp³-hybridized carbons (Fsp3) is 0.100. The molecule has 2 heteroatoms. The Kier molecular flexibility index (Phi) is 1.54. The van der Waals surface area contributed by atoms with Crippen LogP contribution < -0.4 is 0 Å². The van der Waals surface area contributed by atoms with Crippen molar-refractivity contribution in [2.45, 2.75) is 6.42 Å². The van der Waals surface area contributed by atoms with Crippen LogP contribution in [0, 0.1) is 5.82 Å². The molecule has 0 spiro atoms. The summed E-state index contributed by atoms with van der Waals surface area (Å²) < 4.78 is 12.7. The van der Waals surface area contributed by atoms with Gasteiger partial charge in [0.2, 0.25) is 0 Å². The van der Waals surface area contributed by atoms with E-state index in [0.29, 0.717) is 5.57 Å². The molecule has 0 atom stereocenters. The molecular formula is C10H7FO. The Morgan fingerprint density at radius 2 is 2.25 bits per heavy atom. The SMILES string of the molecule is O=CC1=CCc2ccc(F)cc21. The molecule has 2 rings (SSSR count). The Morgan fingerprint density at radius 1 is 1.42 bits per heavy atom. The first-order valence-electron chi connectivity index (χ1n) is 3.75. The van der Waals surface area contributed by atoms with E-state index < -0.39 is 0 Å². The summed E-state index contributed by atoms with van der Waals surface area (Å²) in [6.45, 7) is 0. The van der Waals surface area contributed by atoms with Gasteiger partial charge >= 0.3 is 0 Å². The van der Waals surface area contributed by atoms with Gasteiger partial charge in [0.25, 0.3) is 0 Å². The lowest BCUT2D eigenvalue weighted by molar-refractivity contribution is -0.103. The van der Waals surface area contributed by atoms with Crippen molar-refractivity contribution >= 4 is 11.9 Å².